The fourth-order valence-electron chi connectivity index (χ4n) is 1.49. The van der Waals surface area contributed by atoms with Crippen LogP contribution in [0.2, 0.25) is 0 Å². The van der Waals surface area contributed by atoms with E-state index in [2.05, 4.69) is 10.1 Å². The van der Waals surface area contributed by atoms with Gasteiger partial charge in [0.05, 0.1) is 18.6 Å². The van der Waals surface area contributed by atoms with Crippen molar-refractivity contribution in [1.82, 2.24) is 0 Å². The Morgan fingerprint density at radius 1 is 1.32 bits per heavy atom. The summed E-state index contributed by atoms with van der Waals surface area (Å²) < 4.78 is 4.65. The van der Waals surface area contributed by atoms with E-state index >= 15 is 0 Å². The van der Waals surface area contributed by atoms with Crippen LogP contribution in [0.1, 0.15) is 29.8 Å². The molecule has 1 rings (SSSR count). The van der Waals surface area contributed by atoms with Gasteiger partial charge in [-0.15, -0.1) is 0 Å². The van der Waals surface area contributed by atoms with Crippen LogP contribution in [-0.4, -0.2) is 25.0 Å². The summed E-state index contributed by atoms with van der Waals surface area (Å²) in [5, 5.41) is 2.78. The Morgan fingerprint density at radius 2 is 1.95 bits per heavy atom. The van der Waals surface area contributed by atoms with E-state index in [9.17, 15) is 9.59 Å². The van der Waals surface area contributed by atoms with Gasteiger partial charge >= 0.3 is 5.97 Å². The van der Waals surface area contributed by atoms with Gasteiger partial charge in [-0.2, -0.15) is 0 Å². The van der Waals surface area contributed by atoms with Gasteiger partial charge in [-0.1, -0.05) is 13.0 Å². The third-order valence-electron chi connectivity index (χ3n) is 3.12. The summed E-state index contributed by atoms with van der Waals surface area (Å²) in [5.74, 6) is -0.906. The molecule has 1 amide bonds. The second-order valence-corrected chi connectivity index (χ2v) is 4.66. The minimum atomic E-state index is -0.434. The second-order valence-electron chi connectivity index (χ2n) is 4.66. The molecule has 0 aliphatic rings. The molecule has 0 heterocycles. The average molecular weight is 264 g/mol. The molecule has 1 aromatic carbocycles. The summed E-state index contributed by atoms with van der Waals surface area (Å²) in [6.45, 7) is 5.40. The van der Waals surface area contributed by atoms with E-state index in [-0.39, 0.29) is 17.9 Å². The SMILES string of the molecule is COC(=O)c1ccc(C)c(NC(=O)C(C)C(C)N)c1. The van der Waals surface area contributed by atoms with Crippen molar-refractivity contribution < 1.29 is 14.3 Å². The summed E-state index contributed by atoms with van der Waals surface area (Å²) in [5.41, 5.74) is 7.56. The molecule has 0 aromatic heterocycles. The molecule has 2 atom stereocenters. The second kappa shape index (κ2) is 6.33. The van der Waals surface area contributed by atoms with Crippen LogP contribution in [0, 0.1) is 12.8 Å². The topological polar surface area (TPSA) is 81.4 Å². The number of nitrogens with one attached hydrogen (secondary N) is 1. The number of ether oxygens (including phenoxy) is 1. The summed E-state index contributed by atoms with van der Waals surface area (Å²) in [6, 6.07) is 4.79. The van der Waals surface area contributed by atoms with Gasteiger partial charge in [0.25, 0.3) is 0 Å². The Balaban J connectivity index is 2.94. The highest BCUT2D eigenvalue weighted by Gasteiger charge is 2.18. The lowest BCUT2D eigenvalue weighted by Gasteiger charge is -2.16. The van der Waals surface area contributed by atoms with Crippen molar-refractivity contribution in [1.29, 1.82) is 0 Å². The van der Waals surface area contributed by atoms with E-state index in [1.165, 1.54) is 7.11 Å². The first kappa shape index (κ1) is 15.2. The Kier molecular flexibility index (Phi) is 5.06. The molecular weight excluding hydrogens is 244 g/mol. The van der Waals surface area contributed by atoms with Crippen LogP contribution in [0.4, 0.5) is 5.69 Å². The molecule has 3 N–H and O–H groups in total. The first-order valence-corrected chi connectivity index (χ1v) is 6.12. The van der Waals surface area contributed by atoms with Crippen LogP contribution < -0.4 is 11.1 Å². The van der Waals surface area contributed by atoms with Gasteiger partial charge in [0, 0.05) is 11.7 Å². The van der Waals surface area contributed by atoms with Gasteiger partial charge in [-0.05, 0) is 31.5 Å². The number of nitrogens with two attached hydrogens (primary N) is 1. The molecule has 5 heteroatoms. The van der Waals surface area contributed by atoms with E-state index in [1.54, 1.807) is 32.0 Å². The van der Waals surface area contributed by atoms with Crippen LogP contribution in [0.5, 0.6) is 0 Å². The number of anilines is 1. The van der Waals surface area contributed by atoms with E-state index in [0.717, 1.165) is 5.56 Å². The third kappa shape index (κ3) is 3.79. The predicted molar refractivity (Wildman–Crippen MR) is 74.0 cm³/mol. The monoisotopic (exact) mass is 264 g/mol. The van der Waals surface area contributed by atoms with Crippen molar-refractivity contribution in [2.45, 2.75) is 26.8 Å². The van der Waals surface area contributed by atoms with E-state index in [4.69, 9.17) is 5.73 Å². The molecule has 0 saturated carbocycles. The van der Waals surface area contributed by atoms with Crippen molar-refractivity contribution in [3.8, 4) is 0 Å². The molecule has 0 fully saturated rings. The molecule has 0 radical (unpaired) electrons. The number of hydrogen-bond acceptors (Lipinski definition) is 4. The minimum absolute atomic E-state index is 0.167. The highest BCUT2D eigenvalue weighted by Crippen LogP contribution is 2.18. The van der Waals surface area contributed by atoms with Crippen LogP contribution in [0.3, 0.4) is 0 Å². The molecular formula is C14H20N2O3. The quantitative estimate of drug-likeness (QED) is 0.811. The number of carbonyl (C=O) groups is 2. The molecule has 5 nitrogen and oxygen atoms in total. The lowest BCUT2D eigenvalue weighted by atomic mass is 10.0. The van der Waals surface area contributed by atoms with Crippen molar-refractivity contribution in [2.24, 2.45) is 11.7 Å². The lowest BCUT2D eigenvalue weighted by molar-refractivity contribution is -0.119. The molecule has 0 aliphatic carbocycles. The summed E-state index contributed by atoms with van der Waals surface area (Å²) in [6.07, 6.45) is 0. The maximum absolute atomic E-state index is 11.9. The van der Waals surface area contributed by atoms with Crippen LogP contribution in [0.25, 0.3) is 0 Å². The molecule has 19 heavy (non-hydrogen) atoms. The van der Waals surface area contributed by atoms with Gasteiger partial charge in [0.1, 0.15) is 0 Å². The fraction of sp³-hybridized carbons (Fsp3) is 0.429. The Hall–Kier alpha value is -1.88. The zero-order valence-electron chi connectivity index (χ0n) is 11.7. The van der Waals surface area contributed by atoms with Crippen molar-refractivity contribution >= 4 is 17.6 Å². The number of hydrogen-bond donors (Lipinski definition) is 2. The molecule has 104 valence electrons. The number of aryl methyl sites for hydroxylation is 1. The predicted octanol–water partition coefficient (Wildman–Crippen LogP) is 1.70. The van der Waals surface area contributed by atoms with Gasteiger partial charge in [0.2, 0.25) is 5.91 Å². The Labute approximate surface area is 113 Å². The van der Waals surface area contributed by atoms with Crippen molar-refractivity contribution in [3.05, 3.63) is 29.3 Å². The van der Waals surface area contributed by atoms with Gasteiger partial charge in [-0.25, -0.2) is 4.79 Å². The number of carbonyl (C=O) groups excluding carboxylic acids is 2. The number of benzene rings is 1. The zero-order chi connectivity index (χ0) is 14.6. The highest BCUT2D eigenvalue weighted by molar-refractivity contribution is 5.96. The number of methoxy groups -OCH3 is 1. The fourth-order valence-corrected chi connectivity index (χ4v) is 1.49. The molecule has 1 aromatic rings. The number of esters is 1. The molecule has 0 bridgehead atoms. The Bertz CT molecular complexity index is 484. The van der Waals surface area contributed by atoms with Gasteiger partial charge in [0.15, 0.2) is 0 Å². The van der Waals surface area contributed by atoms with Crippen LogP contribution in [-0.2, 0) is 9.53 Å². The zero-order valence-corrected chi connectivity index (χ0v) is 11.7. The smallest absolute Gasteiger partial charge is 0.337 e. The van der Waals surface area contributed by atoms with Crippen LogP contribution >= 0.6 is 0 Å². The van der Waals surface area contributed by atoms with E-state index < -0.39 is 5.97 Å². The summed E-state index contributed by atoms with van der Waals surface area (Å²) >= 11 is 0. The maximum Gasteiger partial charge on any atom is 0.337 e. The first-order valence-electron chi connectivity index (χ1n) is 6.12. The molecule has 0 spiro atoms. The Morgan fingerprint density at radius 3 is 2.47 bits per heavy atom. The largest absolute Gasteiger partial charge is 0.465 e. The molecule has 2 unspecified atom stereocenters. The normalized spacial score (nSPS) is 13.5. The molecule has 0 aliphatic heterocycles. The third-order valence-corrected chi connectivity index (χ3v) is 3.12. The first-order chi connectivity index (χ1) is 8.86. The number of amides is 1. The van der Waals surface area contributed by atoms with E-state index in [0.29, 0.717) is 11.3 Å². The molecule has 0 saturated heterocycles. The highest BCUT2D eigenvalue weighted by atomic mass is 16.5. The average Bonchev–Trinajstić information content (AvgIpc) is 2.39. The van der Waals surface area contributed by atoms with Crippen molar-refractivity contribution in [2.75, 3.05) is 12.4 Å². The minimum Gasteiger partial charge on any atom is -0.465 e. The van der Waals surface area contributed by atoms with E-state index in [1.807, 2.05) is 6.92 Å². The standard InChI is InChI=1S/C14H20N2O3/c1-8-5-6-11(14(18)19-4)7-12(8)16-13(17)9(2)10(3)15/h5-7,9-10H,15H2,1-4H3,(H,16,17). The van der Waals surface area contributed by atoms with Crippen LogP contribution in [0.15, 0.2) is 18.2 Å². The van der Waals surface area contributed by atoms with Crippen molar-refractivity contribution in [3.63, 3.8) is 0 Å². The lowest BCUT2D eigenvalue weighted by Crippen LogP contribution is -2.34. The summed E-state index contributed by atoms with van der Waals surface area (Å²) in [4.78, 5) is 23.4. The maximum atomic E-state index is 11.9. The van der Waals surface area contributed by atoms with Gasteiger partial charge < -0.3 is 15.8 Å². The summed E-state index contributed by atoms with van der Waals surface area (Å²) in [7, 11) is 1.32. The number of rotatable bonds is 4. The van der Waals surface area contributed by atoms with Gasteiger partial charge in [-0.3, -0.25) is 4.79 Å².